The van der Waals surface area contributed by atoms with E-state index >= 15 is 0 Å². The first-order valence-electron chi connectivity index (χ1n) is 8.18. The first kappa shape index (κ1) is 17.1. The van der Waals surface area contributed by atoms with Gasteiger partial charge in [-0.2, -0.15) is 0 Å². The summed E-state index contributed by atoms with van der Waals surface area (Å²) < 4.78 is 6.25. The summed E-state index contributed by atoms with van der Waals surface area (Å²) in [5.41, 5.74) is 3.38. The number of aromatic nitrogens is 2. The molecular formula is C19H16BrN3O2S. The van der Waals surface area contributed by atoms with Gasteiger partial charge in [0.25, 0.3) is 5.91 Å². The Morgan fingerprint density at radius 3 is 2.96 bits per heavy atom. The van der Waals surface area contributed by atoms with Gasteiger partial charge in [-0.15, -0.1) is 11.3 Å². The summed E-state index contributed by atoms with van der Waals surface area (Å²) in [6.45, 7) is 2.30. The number of hydrogen-bond donors (Lipinski definition) is 2. The Morgan fingerprint density at radius 2 is 2.15 bits per heavy atom. The number of aromatic amines is 1. The Labute approximate surface area is 162 Å². The van der Waals surface area contributed by atoms with Crippen LogP contribution in [0.15, 0.2) is 50.9 Å². The number of benzene rings is 1. The number of carbonyl (C=O) groups is 1. The molecule has 26 heavy (non-hydrogen) atoms. The van der Waals surface area contributed by atoms with Crippen LogP contribution >= 0.6 is 27.3 Å². The maximum Gasteiger partial charge on any atom is 0.257 e. The Morgan fingerprint density at radius 1 is 1.31 bits per heavy atom. The van der Waals surface area contributed by atoms with Crippen molar-refractivity contribution in [2.45, 2.75) is 13.3 Å². The van der Waals surface area contributed by atoms with Crippen molar-refractivity contribution < 1.29 is 9.32 Å². The fourth-order valence-corrected chi connectivity index (χ4v) is 4.36. The van der Waals surface area contributed by atoms with E-state index < -0.39 is 0 Å². The molecular weight excluding hydrogens is 414 g/mol. The lowest BCUT2D eigenvalue weighted by Crippen LogP contribution is -2.26. The predicted molar refractivity (Wildman–Crippen MR) is 107 cm³/mol. The van der Waals surface area contributed by atoms with Gasteiger partial charge in [0.05, 0.1) is 8.66 Å². The molecule has 3 aromatic heterocycles. The molecule has 1 aromatic carbocycles. The van der Waals surface area contributed by atoms with Gasteiger partial charge in [0.1, 0.15) is 17.0 Å². The molecule has 4 rings (SSSR count). The number of thiophene rings is 1. The van der Waals surface area contributed by atoms with E-state index in [0.29, 0.717) is 23.6 Å². The van der Waals surface area contributed by atoms with Crippen molar-refractivity contribution in [3.05, 3.63) is 63.3 Å². The summed E-state index contributed by atoms with van der Waals surface area (Å²) >= 11 is 4.96. The third-order valence-corrected chi connectivity index (χ3v) is 5.88. The van der Waals surface area contributed by atoms with Gasteiger partial charge in [-0.3, -0.25) is 4.79 Å². The molecule has 2 N–H and O–H groups in total. The number of H-pyrrole nitrogens is 1. The van der Waals surface area contributed by atoms with E-state index in [1.165, 1.54) is 22.3 Å². The smallest absolute Gasteiger partial charge is 0.257 e. The van der Waals surface area contributed by atoms with E-state index in [1.54, 1.807) is 6.92 Å². The Bertz CT molecular complexity index is 1080. The number of aryl methyl sites for hydroxylation is 1. The molecule has 0 aliphatic heterocycles. The molecule has 3 heterocycles. The summed E-state index contributed by atoms with van der Waals surface area (Å²) in [6, 6.07) is 12.0. The van der Waals surface area contributed by atoms with Crippen LogP contribution in [0.5, 0.6) is 0 Å². The molecule has 0 saturated heterocycles. The molecule has 0 fully saturated rings. The summed E-state index contributed by atoms with van der Waals surface area (Å²) in [5, 5.41) is 8.24. The highest BCUT2D eigenvalue weighted by atomic mass is 79.9. The molecule has 4 aromatic rings. The Hall–Kier alpha value is -2.38. The molecule has 1 amide bonds. The van der Waals surface area contributed by atoms with Crippen LogP contribution in [-0.2, 0) is 6.42 Å². The molecule has 0 bridgehead atoms. The van der Waals surface area contributed by atoms with Crippen molar-refractivity contribution in [3.8, 4) is 10.6 Å². The number of hydrogen-bond acceptors (Lipinski definition) is 4. The van der Waals surface area contributed by atoms with Crippen molar-refractivity contribution in [2.75, 3.05) is 6.54 Å². The van der Waals surface area contributed by atoms with Crippen LogP contribution in [0.2, 0.25) is 0 Å². The van der Waals surface area contributed by atoms with E-state index in [1.807, 2.05) is 36.5 Å². The fraction of sp³-hybridized carbons (Fsp3) is 0.158. The molecule has 0 unspecified atom stereocenters. The number of rotatable bonds is 5. The second kappa shape index (κ2) is 7.09. The number of carbonyl (C=O) groups excluding carboxylic acids is 1. The third-order valence-electron chi connectivity index (χ3n) is 4.25. The molecule has 0 radical (unpaired) electrons. The van der Waals surface area contributed by atoms with E-state index in [2.05, 4.69) is 37.5 Å². The van der Waals surface area contributed by atoms with Gasteiger partial charge in [0.2, 0.25) is 0 Å². The van der Waals surface area contributed by atoms with E-state index in [9.17, 15) is 4.79 Å². The van der Waals surface area contributed by atoms with Crippen molar-refractivity contribution in [1.29, 1.82) is 0 Å². The van der Waals surface area contributed by atoms with E-state index in [-0.39, 0.29) is 5.91 Å². The lowest BCUT2D eigenvalue weighted by atomic mass is 10.1. The minimum atomic E-state index is -0.164. The van der Waals surface area contributed by atoms with Crippen molar-refractivity contribution in [3.63, 3.8) is 0 Å². The lowest BCUT2D eigenvalue weighted by molar-refractivity contribution is 0.0953. The first-order chi connectivity index (χ1) is 12.6. The van der Waals surface area contributed by atoms with Gasteiger partial charge in [-0.25, -0.2) is 0 Å². The molecule has 132 valence electrons. The standard InChI is InChI=1S/C19H16BrN3O2S/c1-11-17(18(23-25-11)15-6-7-16(20)26-15)19(24)21-9-8-12-10-22-14-5-3-2-4-13(12)14/h2-7,10,22H,8-9H2,1H3,(H,21,24). The number of halogens is 1. The monoisotopic (exact) mass is 429 g/mol. The van der Waals surface area contributed by atoms with Gasteiger partial charge >= 0.3 is 0 Å². The van der Waals surface area contributed by atoms with Crippen LogP contribution in [-0.4, -0.2) is 22.6 Å². The average molecular weight is 430 g/mol. The van der Waals surface area contributed by atoms with Crippen LogP contribution in [0.25, 0.3) is 21.5 Å². The lowest BCUT2D eigenvalue weighted by Gasteiger charge is -2.05. The minimum absolute atomic E-state index is 0.164. The van der Waals surface area contributed by atoms with Crippen molar-refractivity contribution >= 4 is 44.1 Å². The van der Waals surface area contributed by atoms with Crippen LogP contribution in [0.1, 0.15) is 21.7 Å². The van der Waals surface area contributed by atoms with Crippen molar-refractivity contribution in [2.24, 2.45) is 0 Å². The maximum absolute atomic E-state index is 12.7. The van der Waals surface area contributed by atoms with Gasteiger partial charge in [-0.05, 0) is 53.0 Å². The summed E-state index contributed by atoms with van der Waals surface area (Å²) in [6.07, 6.45) is 2.75. The Kier molecular flexibility index (Phi) is 4.65. The van der Waals surface area contributed by atoms with Crippen LogP contribution in [0.4, 0.5) is 0 Å². The van der Waals surface area contributed by atoms with Gasteiger partial charge < -0.3 is 14.8 Å². The predicted octanol–water partition coefficient (Wildman–Crippen LogP) is 4.93. The third kappa shape index (κ3) is 3.20. The number of fused-ring (bicyclic) bond motifs is 1. The van der Waals surface area contributed by atoms with Crippen LogP contribution in [0, 0.1) is 6.92 Å². The molecule has 7 heteroatoms. The highest BCUT2D eigenvalue weighted by Crippen LogP contribution is 2.33. The zero-order valence-electron chi connectivity index (χ0n) is 14.0. The average Bonchev–Trinajstić information content (AvgIpc) is 3.34. The molecule has 0 aliphatic rings. The van der Waals surface area contributed by atoms with Crippen LogP contribution < -0.4 is 5.32 Å². The molecule has 0 atom stereocenters. The van der Waals surface area contributed by atoms with Gasteiger partial charge in [-0.1, -0.05) is 23.4 Å². The second-order valence-electron chi connectivity index (χ2n) is 5.93. The fourth-order valence-electron chi connectivity index (χ4n) is 2.99. The zero-order chi connectivity index (χ0) is 18.1. The quantitative estimate of drug-likeness (QED) is 0.472. The van der Waals surface area contributed by atoms with Crippen LogP contribution in [0.3, 0.4) is 0 Å². The minimum Gasteiger partial charge on any atom is -0.361 e. The Balaban J connectivity index is 1.48. The highest BCUT2D eigenvalue weighted by molar-refractivity contribution is 9.11. The van der Waals surface area contributed by atoms with Gasteiger partial charge in [0.15, 0.2) is 0 Å². The zero-order valence-corrected chi connectivity index (χ0v) is 16.4. The summed E-state index contributed by atoms with van der Waals surface area (Å²) in [7, 11) is 0. The highest BCUT2D eigenvalue weighted by Gasteiger charge is 2.22. The summed E-state index contributed by atoms with van der Waals surface area (Å²) in [4.78, 5) is 16.8. The molecule has 0 saturated carbocycles. The number of nitrogens with zero attached hydrogens (tertiary/aromatic N) is 1. The summed E-state index contributed by atoms with van der Waals surface area (Å²) in [5.74, 6) is 0.359. The number of nitrogens with one attached hydrogen (secondary N) is 2. The van der Waals surface area contributed by atoms with E-state index in [0.717, 1.165) is 20.6 Å². The normalized spacial score (nSPS) is 11.2. The topological polar surface area (TPSA) is 70.9 Å². The largest absolute Gasteiger partial charge is 0.361 e. The van der Waals surface area contributed by atoms with E-state index in [4.69, 9.17) is 4.52 Å². The molecule has 5 nitrogen and oxygen atoms in total. The number of para-hydroxylation sites is 1. The maximum atomic E-state index is 12.7. The van der Waals surface area contributed by atoms with Gasteiger partial charge in [0, 0.05) is 23.6 Å². The SMILES string of the molecule is Cc1onc(-c2ccc(Br)s2)c1C(=O)NCCc1c[nH]c2ccccc12. The second-order valence-corrected chi connectivity index (χ2v) is 8.39. The first-order valence-corrected chi connectivity index (χ1v) is 9.79. The van der Waals surface area contributed by atoms with Crippen molar-refractivity contribution in [1.82, 2.24) is 15.5 Å². The molecule has 0 aliphatic carbocycles. The number of amides is 1. The molecule has 0 spiro atoms.